The summed E-state index contributed by atoms with van der Waals surface area (Å²) in [7, 11) is 0. The second-order valence-corrected chi connectivity index (χ2v) is 3.32. The quantitative estimate of drug-likeness (QED) is 0.583. The highest BCUT2D eigenvalue weighted by molar-refractivity contribution is 5.65. The number of carboxylic acid groups (broad SMARTS) is 1. The zero-order valence-corrected chi connectivity index (χ0v) is 7.08. The number of piperidine rings is 1. The van der Waals surface area contributed by atoms with E-state index in [1.165, 1.54) is 0 Å². The van der Waals surface area contributed by atoms with Crippen molar-refractivity contribution in [3.8, 4) is 0 Å². The smallest absolute Gasteiger partial charge is 0.407 e. The first-order valence-corrected chi connectivity index (χ1v) is 4.14. The van der Waals surface area contributed by atoms with Crippen LogP contribution in [0, 0.1) is 0 Å². The molecule has 64 valence electrons. The van der Waals surface area contributed by atoms with Gasteiger partial charge in [0.1, 0.15) is 0 Å². The molecule has 1 amide bonds. The summed E-state index contributed by atoms with van der Waals surface area (Å²) in [6.07, 6.45) is 2.41. The molecule has 1 rings (SSSR count). The van der Waals surface area contributed by atoms with Crippen molar-refractivity contribution in [3.63, 3.8) is 0 Å². The maximum atomic E-state index is 10.7. The van der Waals surface area contributed by atoms with Crippen LogP contribution in [0.1, 0.15) is 33.1 Å². The zero-order valence-electron chi connectivity index (χ0n) is 7.08. The van der Waals surface area contributed by atoms with Gasteiger partial charge in [-0.3, -0.25) is 0 Å². The van der Waals surface area contributed by atoms with E-state index >= 15 is 0 Å². The van der Waals surface area contributed by atoms with Crippen LogP contribution in [0.2, 0.25) is 0 Å². The SMILES string of the molecule is CC1CCCC(C)N1C(=O)O. The second-order valence-electron chi connectivity index (χ2n) is 3.32. The van der Waals surface area contributed by atoms with E-state index < -0.39 is 6.09 Å². The molecule has 1 aliphatic heterocycles. The van der Waals surface area contributed by atoms with Crippen molar-refractivity contribution in [1.82, 2.24) is 4.90 Å². The Morgan fingerprint density at radius 1 is 1.36 bits per heavy atom. The Morgan fingerprint density at radius 3 is 2.09 bits per heavy atom. The van der Waals surface area contributed by atoms with E-state index in [2.05, 4.69) is 0 Å². The van der Waals surface area contributed by atoms with Gasteiger partial charge in [-0.15, -0.1) is 0 Å². The first-order chi connectivity index (χ1) is 5.13. The first-order valence-electron chi connectivity index (χ1n) is 4.14. The van der Waals surface area contributed by atoms with E-state index in [4.69, 9.17) is 5.11 Å². The predicted octanol–water partition coefficient (Wildman–Crippen LogP) is 1.93. The van der Waals surface area contributed by atoms with Gasteiger partial charge in [0.2, 0.25) is 0 Å². The van der Waals surface area contributed by atoms with E-state index in [0.717, 1.165) is 19.3 Å². The van der Waals surface area contributed by atoms with E-state index in [9.17, 15) is 4.79 Å². The molecule has 1 aliphatic rings. The lowest BCUT2D eigenvalue weighted by molar-refractivity contribution is 0.0838. The summed E-state index contributed by atoms with van der Waals surface area (Å²) in [4.78, 5) is 12.3. The second kappa shape index (κ2) is 3.11. The van der Waals surface area contributed by atoms with Crippen molar-refractivity contribution in [2.75, 3.05) is 0 Å². The Labute approximate surface area is 67.0 Å². The summed E-state index contributed by atoms with van der Waals surface area (Å²) in [6, 6.07) is 0.410. The number of nitrogens with zero attached hydrogens (tertiary/aromatic N) is 1. The van der Waals surface area contributed by atoms with Gasteiger partial charge in [0.15, 0.2) is 0 Å². The average Bonchev–Trinajstić information content (AvgIpc) is 1.85. The van der Waals surface area contributed by atoms with Gasteiger partial charge in [0.25, 0.3) is 0 Å². The molecule has 0 bridgehead atoms. The minimum absolute atomic E-state index is 0.205. The molecule has 11 heavy (non-hydrogen) atoms. The number of hydrogen-bond acceptors (Lipinski definition) is 1. The lowest BCUT2D eigenvalue weighted by atomic mass is 9.98. The number of hydrogen-bond donors (Lipinski definition) is 1. The van der Waals surface area contributed by atoms with Gasteiger partial charge in [-0.05, 0) is 33.1 Å². The largest absolute Gasteiger partial charge is 0.465 e. The number of amides is 1. The molecular weight excluding hydrogens is 142 g/mol. The summed E-state index contributed by atoms with van der Waals surface area (Å²) in [5, 5.41) is 8.80. The molecule has 0 saturated carbocycles. The van der Waals surface area contributed by atoms with Crippen molar-refractivity contribution < 1.29 is 9.90 Å². The van der Waals surface area contributed by atoms with Gasteiger partial charge in [-0.1, -0.05) is 0 Å². The molecule has 1 saturated heterocycles. The highest BCUT2D eigenvalue weighted by Gasteiger charge is 2.28. The maximum Gasteiger partial charge on any atom is 0.407 e. The fourth-order valence-electron chi connectivity index (χ4n) is 1.80. The molecule has 0 aliphatic carbocycles. The van der Waals surface area contributed by atoms with E-state index in [1.807, 2.05) is 13.8 Å². The fourth-order valence-corrected chi connectivity index (χ4v) is 1.80. The average molecular weight is 157 g/mol. The molecule has 3 nitrogen and oxygen atoms in total. The lowest BCUT2D eigenvalue weighted by Crippen LogP contribution is -2.46. The third kappa shape index (κ3) is 1.64. The molecular formula is C8H15NO2. The molecule has 0 aromatic carbocycles. The Morgan fingerprint density at radius 2 is 1.82 bits per heavy atom. The molecule has 0 aromatic rings. The van der Waals surface area contributed by atoms with Crippen molar-refractivity contribution >= 4 is 6.09 Å². The van der Waals surface area contributed by atoms with Gasteiger partial charge in [-0.25, -0.2) is 4.79 Å². The summed E-state index contributed by atoms with van der Waals surface area (Å²) in [5.41, 5.74) is 0. The summed E-state index contributed by atoms with van der Waals surface area (Å²) in [6.45, 7) is 3.95. The molecule has 3 heteroatoms. The lowest BCUT2D eigenvalue weighted by Gasteiger charge is -2.36. The van der Waals surface area contributed by atoms with Crippen LogP contribution in [0.15, 0.2) is 0 Å². The molecule has 1 fully saturated rings. The van der Waals surface area contributed by atoms with Gasteiger partial charge >= 0.3 is 6.09 Å². The Kier molecular flexibility index (Phi) is 2.37. The molecule has 2 unspecified atom stereocenters. The molecule has 0 aromatic heterocycles. The van der Waals surface area contributed by atoms with Crippen LogP contribution >= 0.6 is 0 Å². The number of carbonyl (C=O) groups is 1. The standard InChI is InChI=1S/C8H15NO2/c1-6-4-3-5-7(2)9(6)8(10)11/h6-7H,3-5H2,1-2H3,(H,10,11). The zero-order chi connectivity index (χ0) is 8.43. The van der Waals surface area contributed by atoms with Crippen molar-refractivity contribution in [3.05, 3.63) is 0 Å². The highest BCUT2D eigenvalue weighted by Crippen LogP contribution is 2.21. The van der Waals surface area contributed by atoms with Gasteiger partial charge < -0.3 is 10.0 Å². The van der Waals surface area contributed by atoms with E-state index in [0.29, 0.717) is 0 Å². The maximum absolute atomic E-state index is 10.7. The Balaban J connectivity index is 2.62. The van der Waals surface area contributed by atoms with Crippen LogP contribution < -0.4 is 0 Å². The van der Waals surface area contributed by atoms with E-state index in [1.54, 1.807) is 4.90 Å². The van der Waals surface area contributed by atoms with Crippen LogP contribution in [-0.4, -0.2) is 28.2 Å². The Hall–Kier alpha value is -0.730. The normalized spacial score (nSPS) is 32.0. The van der Waals surface area contributed by atoms with Gasteiger partial charge in [0, 0.05) is 12.1 Å². The van der Waals surface area contributed by atoms with Crippen molar-refractivity contribution in [2.45, 2.75) is 45.2 Å². The van der Waals surface area contributed by atoms with Crippen LogP contribution in [0.3, 0.4) is 0 Å². The van der Waals surface area contributed by atoms with Gasteiger partial charge in [0.05, 0.1) is 0 Å². The minimum atomic E-state index is -0.773. The fraction of sp³-hybridized carbons (Fsp3) is 0.875. The molecule has 0 spiro atoms. The summed E-state index contributed by atoms with van der Waals surface area (Å²) >= 11 is 0. The van der Waals surface area contributed by atoms with Crippen LogP contribution in [0.4, 0.5) is 4.79 Å². The van der Waals surface area contributed by atoms with Crippen LogP contribution in [0.25, 0.3) is 0 Å². The predicted molar refractivity (Wildman–Crippen MR) is 42.6 cm³/mol. The molecule has 2 atom stereocenters. The third-order valence-corrected chi connectivity index (χ3v) is 2.41. The Bertz CT molecular complexity index is 148. The minimum Gasteiger partial charge on any atom is -0.465 e. The van der Waals surface area contributed by atoms with Gasteiger partial charge in [-0.2, -0.15) is 0 Å². The van der Waals surface area contributed by atoms with Crippen molar-refractivity contribution in [1.29, 1.82) is 0 Å². The first kappa shape index (κ1) is 8.37. The van der Waals surface area contributed by atoms with Crippen molar-refractivity contribution in [2.24, 2.45) is 0 Å². The summed E-state index contributed by atoms with van der Waals surface area (Å²) in [5.74, 6) is 0. The summed E-state index contributed by atoms with van der Waals surface area (Å²) < 4.78 is 0. The number of likely N-dealkylation sites (tertiary alicyclic amines) is 1. The molecule has 1 heterocycles. The highest BCUT2D eigenvalue weighted by atomic mass is 16.4. The number of rotatable bonds is 0. The van der Waals surface area contributed by atoms with Crippen LogP contribution in [0.5, 0.6) is 0 Å². The van der Waals surface area contributed by atoms with Crippen LogP contribution in [-0.2, 0) is 0 Å². The molecule has 0 radical (unpaired) electrons. The molecule has 1 N–H and O–H groups in total. The topological polar surface area (TPSA) is 40.5 Å². The monoisotopic (exact) mass is 157 g/mol. The van der Waals surface area contributed by atoms with E-state index in [-0.39, 0.29) is 12.1 Å². The third-order valence-electron chi connectivity index (χ3n) is 2.41.